The van der Waals surface area contributed by atoms with Crippen LogP contribution in [0.5, 0.6) is 0 Å². The number of benzene rings is 1. The molecule has 3 nitrogen and oxygen atoms in total. The minimum absolute atomic E-state index is 0.128. The van der Waals surface area contributed by atoms with Crippen LogP contribution in [-0.2, 0) is 6.54 Å². The number of rotatable bonds is 3. The SMILES string of the molecule is Cc1noc(C)c1[C@@H]1CCCN1Cc1ccccc1F. The molecule has 20 heavy (non-hydrogen) atoms. The standard InChI is InChI=1S/C16H19FN2O/c1-11-16(12(2)20-18-11)15-8-5-9-19(15)10-13-6-3-4-7-14(13)17/h3-4,6-7,15H,5,8-10H2,1-2H3/t15-/m0/s1. The number of aromatic nitrogens is 1. The number of halogens is 1. The van der Waals surface area contributed by atoms with E-state index in [1.54, 1.807) is 6.07 Å². The third-order valence-electron chi connectivity index (χ3n) is 4.12. The van der Waals surface area contributed by atoms with Crippen molar-refractivity contribution in [1.29, 1.82) is 0 Å². The van der Waals surface area contributed by atoms with Crippen molar-refractivity contribution >= 4 is 0 Å². The van der Waals surface area contributed by atoms with E-state index in [1.165, 1.54) is 11.6 Å². The summed E-state index contributed by atoms with van der Waals surface area (Å²) in [5, 5.41) is 4.04. The van der Waals surface area contributed by atoms with Crippen molar-refractivity contribution < 1.29 is 8.91 Å². The maximum Gasteiger partial charge on any atom is 0.138 e. The highest BCUT2D eigenvalue weighted by Gasteiger charge is 2.30. The lowest BCUT2D eigenvalue weighted by Gasteiger charge is -2.24. The zero-order chi connectivity index (χ0) is 14.1. The smallest absolute Gasteiger partial charge is 0.138 e. The molecule has 0 radical (unpaired) electrons. The molecule has 1 aromatic carbocycles. The van der Waals surface area contributed by atoms with Crippen molar-refractivity contribution in [3.63, 3.8) is 0 Å². The summed E-state index contributed by atoms with van der Waals surface area (Å²) in [6.45, 7) is 5.56. The van der Waals surface area contributed by atoms with E-state index in [9.17, 15) is 4.39 Å². The fourth-order valence-corrected chi connectivity index (χ4v) is 3.15. The Morgan fingerprint density at radius 3 is 2.85 bits per heavy atom. The topological polar surface area (TPSA) is 29.3 Å². The van der Waals surface area contributed by atoms with Gasteiger partial charge in [0.15, 0.2) is 0 Å². The summed E-state index contributed by atoms with van der Waals surface area (Å²) in [6.07, 6.45) is 2.21. The number of aryl methyl sites for hydroxylation is 2. The van der Waals surface area contributed by atoms with E-state index in [-0.39, 0.29) is 5.82 Å². The molecule has 0 unspecified atom stereocenters. The zero-order valence-electron chi connectivity index (χ0n) is 11.9. The molecular formula is C16H19FN2O. The summed E-state index contributed by atoms with van der Waals surface area (Å²) >= 11 is 0. The first-order valence-electron chi connectivity index (χ1n) is 7.07. The van der Waals surface area contributed by atoms with Gasteiger partial charge in [-0.25, -0.2) is 4.39 Å². The molecule has 4 heteroatoms. The summed E-state index contributed by atoms with van der Waals surface area (Å²) < 4.78 is 19.1. The molecule has 106 valence electrons. The molecule has 0 aliphatic carbocycles. The first kappa shape index (κ1) is 13.3. The van der Waals surface area contributed by atoms with E-state index < -0.39 is 0 Å². The summed E-state index contributed by atoms with van der Waals surface area (Å²) in [6, 6.07) is 7.29. The summed E-state index contributed by atoms with van der Waals surface area (Å²) in [7, 11) is 0. The Morgan fingerprint density at radius 2 is 2.15 bits per heavy atom. The monoisotopic (exact) mass is 274 g/mol. The quantitative estimate of drug-likeness (QED) is 0.853. The lowest BCUT2D eigenvalue weighted by molar-refractivity contribution is 0.242. The minimum atomic E-state index is -0.128. The van der Waals surface area contributed by atoms with Gasteiger partial charge in [0.2, 0.25) is 0 Å². The molecule has 1 saturated heterocycles. The van der Waals surface area contributed by atoms with E-state index in [4.69, 9.17) is 4.52 Å². The van der Waals surface area contributed by atoms with Crippen molar-refractivity contribution in [3.05, 3.63) is 52.7 Å². The average molecular weight is 274 g/mol. The van der Waals surface area contributed by atoms with Crippen molar-refractivity contribution in [1.82, 2.24) is 10.1 Å². The third kappa shape index (κ3) is 2.36. The van der Waals surface area contributed by atoms with Crippen LogP contribution in [0.2, 0.25) is 0 Å². The van der Waals surface area contributed by atoms with Gasteiger partial charge in [-0.15, -0.1) is 0 Å². The molecule has 0 N–H and O–H groups in total. The van der Waals surface area contributed by atoms with Crippen molar-refractivity contribution in [2.24, 2.45) is 0 Å². The van der Waals surface area contributed by atoms with Crippen molar-refractivity contribution in [2.45, 2.75) is 39.3 Å². The van der Waals surface area contributed by atoms with Gasteiger partial charge in [0, 0.05) is 23.7 Å². The van der Waals surface area contributed by atoms with Crippen LogP contribution in [0.15, 0.2) is 28.8 Å². The maximum absolute atomic E-state index is 13.8. The minimum Gasteiger partial charge on any atom is -0.361 e. The number of hydrogen-bond acceptors (Lipinski definition) is 3. The second kappa shape index (κ2) is 5.37. The average Bonchev–Trinajstić information content (AvgIpc) is 2.99. The molecule has 1 fully saturated rings. The van der Waals surface area contributed by atoms with Crippen LogP contribution >= 0.6 is 0 Å². The molecule has 2 aromatic rings. The molecule has 1 aromatic heterocycles. The Balaban J connectivity index is 1.85. The highest BCUT2D eigenvalue weighted by Crippen LogP contribution is 2.36. The predicted molar refractivity (Wildman–Crippen MR) is 74.8 cm³/mol. The van der Waals surface area contributed by atoms with E-state index in [0.717, 1.165) is 36.4 Å². The van der Waals surface area contributed by atoms with Gasteiger partial charge >= 0.3 is 0 Å². The van der Waals surface area contributed by atoms with Gasteiger partial charge in [-0.05, 0) is 39.3 Å². The molecule has 0 amide bonds. The Hall–Kier alpha value is -1.68. The highest BCUT2D eigenvalue weighted by molar-refractivity contribution is 5.27. The molecule has 1 aliphatic rings. The van der Waals surface area contributed by atoms with E-state index in [0.29, 0.717) is 12.6 Å². The van der Waals surface area contributed by atoms with Crippen LogP contribution in [0.4, 0.5) is 4.39 Å². The summed E-state index contributed by atoms with van der Waals surface area (Å²) in [5.41, 5.74) is 2.89. The Labute approximate surface area is 118 Å². The maximum atomic E-state index is 13.8. The summed E-state index contributed by atoms with van der Waals surface area (Å²) in [4.78, 5) is 2.32. The molecule has 0 spiro atoms. The molecule has 0 bridgehead atoms. The first-order valence-corrected chi connectivity index (χ1v) is 7.07. The third-order valence-corrected chi connectivity index (χ3v) is 4.12. The first-order chi connectivity index (χ1) is 9.66. The van der Waals surface area contributed by atoms with Gasteiger partial charge in [-0.3, -0.25) is 4.90 Å². The number of likely N-dealkylation sites (tertiary alicyclic amines) is 1. The lowest BCUT2D eigenvalue weighted by Crippen LogP contribution is -2.24. The van der Waals surface area contributed by atoms with Gasteiger partial charge in [-0.1, -0.05) is 23.4 Å². The van der Waals surface area contributed by atoms with Gasteiger partial charge < -0.3 is 4.52 Å². The molecule has 0 saturated carbocycles. The number of hydrogen-bond donors (Lipinski definition) is 0. The van der Waals surface area contributed by atoms with Gasteiger partial charge in [-0.2, -0.15) is 0 Å². The van der Waals surface area contributed by atoms with Gasteiger partial charge in [0.25, 0.3) is 0 Å². The predicted octanol–water partition coefficient (Wildman–Crippen LogP) is 3.77. The second-order valence-electron chi connectivity index (χ2n) is 5.46. The van der Waals surface area contributed by atoms with Crippen LogP contribution in [0, 0.1) is 19.7 Å². The molecule has 1 aliphatic heterocycles. The largest absolute Gasteiger partial charge is 0.361 e. The molecule has 2 heterocycles. The lowest BCUT2D eigenvalue weighted by atomic mass is 10.0. The van der Waals surface area contributed by atoms with E-state index in [1.807, 2.05) is 26.0 Å². The summed E-state index contributed by atoms with van der Waals surface area (Å²) in [5.74, 6) is 0.754. The van der Waals surface area contributed by atoms with Gasteiger partial charge in [0.1, 0.15) is 11.6 Å². The van der Waals surface area contributed by atoms with Gasteiger partial charge in [0.05, 0.1) is 5.69 Å². The highest BCUT2D eigenvalue weighted by atomic mass is 19.1. The Morgan fingerprint density at radius 1 is 1.35 bits per heavy atom. The second-order valence-corrected chi connectivity index (χ2v) is 5.46. The van der Waals surface area contributed by atoms with Crippen LogP contribution in [-0.4, -0.2) is 16.6 Å². The normalized spacial score (nSPS) is 19.6. The van der Waals surface area contributed by atoms with Crippen molar-refractivity contribution in [2.75, 3.05) is 6.54 Å². The van der Waals surface area contributed by atoms with Crippen LogP contribution in [0.3, 0.4) is 0 Å². The fourth-order valence-electron chi connectivity index (χ4n) is 3.15. The van der Waals surface area contributed by atoms with E-state index >= 15 is 0 Å². The van der Waals surface area contributed by atoms with Crippen LogP contribution < -0.4 is 0 Å². The number of nitrogens with zero attached hydrogens (tertiary/aromatic N) is 2. The van der Waals surface area contributed by atoms with Crippen LogP contribution in [0.25, 0.3) is 0 Å². The Kier molecular flexibility index (Phi) is 3.57. The van der Waals surface area contributed by atoms with E-state index in [2.05, 4.69) is 10.1 Å². The molecule has 1 atom stereocenters. The fraction of sp³-hybridized carbons (Fsp3) is 0.438. The molecule has 3 rings (SSSR count). The molecular weight excluding hydrogens is 255 g/mol. The van der Waals surface area contributed by atoms with Crippen LogP contribution in [0.1, 0.15) is 41.5 Å². The zero-order valence-corrected chi connectivity index (χ0v) is 11.9. The Bertz CT molecular complexity index is 589. The van der Waals surface area contributed by atoms with Crippen molar-refractivity contribution in [3.8, 4) is 0 Å².